The topological polar surface area (TPSA) is 156 Å². The summed E-state index contributed by atoms with van der Waals surface area (Å²) in [6.07, 6.45) is 0. The zero-order valence-corrected chi connectivity index (χ0v) is 21.2. The van der Waals surface area contributed by atoms with Crippen LogP contribution in [-0.2, 0) is 30.2 Å². The zero-order valence-electron chi connectivity index (χ0n) is 19.6. The summed E-state index contributed by atoms with van der Waals surface area (Å²) < 4.78 is 63.0. The van der Waals surface area contributed by atoms with E-state index in [-0.39, 0.29) is 38.6 Å². The van der Waals surface area contributed by atoms with Gasteiger partial charge in [0, 0.05) is 35.1 Å². The molecule has 0 aliphatic carbocycles. The molecule has 0 bridgehead atoms. The normalized spacial score (nSPS) is 11.7. The molecule has 0 atom stereocenters. The summed E-state index contributed by atoms with van der Waals surface area (Å²) in [5.74, 6) is -1.54. The van der Waals surface area contributed by atoms with E-state index in [0.717, 1.165) is 7.11 Å². The van der Waals surface area contributed by atoms with E-state index < -0.39 is 31.9 Å². The molecule has 0 unspecified atom stereocenters. The molecule has 0 saturated heterocycles. The van der Waals surface area contributed by atoms with Gasteiger partial charge in [-0.2, -0.15) is 16.8 Å². The summed E-state index contributed by atoms with van der Waals surface area (Å²) in [5, 5.41) is 5.45. The van der Waals surface area contributed by atoms with Crippen LogP contribution in [-0.4, -0.2) is 47.2 Å². The summed E-state index contributed by atoms with van der Waals surface area (Å²) in [5.41, 5.74) is 1.69. The lowest BCUT2D eigenvalue weighted by Crippen LogP contribution is -2.14. The molecule has 1 amide bonds. The van der Waals surface area contributed by atoms with Crippen LogP contribution in [0.3, 0.4) is 0 Å². The molecule has 3 aromatic rings. The fraction of sp³-hybridized carbons (Fsp3) is 0.167. The highest BCUT2D eigenvalue weighted by Crippen LogP contribution is 2.35. The lowest BCUT2D eigenvalue weighted by molar-refractivity contribution is 0.101. The molecule has 0 aromatic heterocycles. The minimum absolute atomic E-state index is 0.106. The SMILES string of the molecule is CNc1ccc(-c2ccc(NC(=O)c3cccc(C(C)=O)c3)cc2S(=O)(=O)OC)c(CS(=O)(=O)O)c1. The molecule has 0 aliphatic heterocycles. The summed E-state index contributed by atoms with van der Waals surface area (Å²) in [6, 6.07) is 14.7. The molecule has 36 heavy (non-hydrogen) atoms. The maximum absolute atomic E-state index is 12.8. The van der Waals surface area contributed by atoms with Crippen molar-refractivity contribution < 1.29 is 35.2 Å². The van der Waals surface area contributed by atoms with Crippen LogP contribution in [0.5, 0.6) is 0 Å². The van der Waals surface area contributed by atoms with Crippen molar-refractivity contribution in [2.45, 2.75) is 17.6 Å². The first-order chi connectivity index (χ1) is 16.8. The number of hydrogen-bond donors (Lipinski definition) is 3. The van der Waals surface area contributed by atoms with E-state index in [1.807, 2.05) is 0 Å². The summed E-state index contributed by atoms with van der Waals surface area (Å²) >= 11 is 0. The van der Waals surface area contributed by atoms with E-state index in [9.17, 15) is 31.0 Å². The minimum atomic E-state index is -4.44. The van der Waals surface area contributed by atoms with Crippen molar-refractivity contribution in [3.8, 4) is 11.1 Å². The third-order valence-electron chi connectivity index (χ3n) is 5.28. The second kappa shape index (κ2) is 10.6. The van der Waals surface area contributed by atoms with E-state index in [1.165, 1.54) is 49.4 Å². The van der Waals surface area contributed by atoms with Gasteiger partial charge in [-0.25, -0.2) is 0 Å². The van der Waals surface area contributed by atoms with Gasteiger partial charge in [-0.05, 0) is 54.4 Å². The maximum Gasteiger partial charge on any atom is 0.297 e. The first-order valence-electron chi connectivity index (χ1n) is 10.5. The standard InChI is InChI=1S/C24H24N2O8S2/c1-15(27)16-5-4-6-17(11-16)24(28)26-20-8-10-22(23(13-20)36(32,33)34-3)21-9-7-19(25-2)12-18(21)14-35(29,30)31/h4-13,25H,14H2,1-3H3,(H,26,28)(H,29,30,31). The van der Waals surface area contributed by atoms with Crippen molar-refractivity contribution in [1.29, 1.82) is 0 Å². The van der Waals surface area contributed by atoms with Crippen LogP contribution in [0.2, 0.25) is 0 Å². The summed E-state index contributed by atoms with van der Waals surface area (Å²) in [7, 11) is -6.16. The molecular weight excluding hydrogens is 508 g/mol. The quantitative estimate of drug-likeness (QED) is 0.213. The first-order valence-corrected chi connectivity index (χ1v) is 13.5. The first kappa shape index (κ1) is 27.0. The lowest BCUT2D eigenvalue weighted by atomic mass is 9.99. The fourth-order valence-corrected chi connectivity index (χ4v) is 5.06. The van der Waals surface area contributed by atoms with Gasteiger partial charge in [0.1, 0.15) is 10.6 Å². The average molecular weight is 533 g/mol. The molecule has 190 valence electrons. The van der Waals surface area contributed by atoms with E-state index in [2.05, 4.69) is 10.6 Å². The Labute approximate surface area is 209 Å². The van der Waals surface area contributed by atoms with Gasteiger partial charge in [-0.1, -0.05) is 24.3 Å². The van der Waals surface area contributed by atoms with Crippen molar-refractivity contribution >= 4 is 43.3 Å². The van der Waals surface area contributed by atoms with Crippen molar-refractivity contribution in [3.05, 3.63) is 77.4 Å². The number of carbonyl (C=O) groups excluding carboxylic acids is 2. The minimum Gasteiger partial charge on any atom is -0.388 e. The average Bonchev–Trinajstić information content (AvgIpc) is 2.83. The van der Waals surface area contributed by atoms with Crippen LogP contribution < -0.4 is 10.6 Å². The molecule has 0 fully saturated rings. The Morgan fingerprint density at radius 3 is 2.14 bits per heavy atom. The van der Waals surface area contributed by atoms with Crippen LogP contribution in [0.25, 0.3) is 11.1 Å². The Balaban J connectivity index is 2.11. The van der Waals surface area contributed by atoms with Gasteiger partial charge in [0.25, 0.3) is 26.1 Å². The van der Waals surface area contributed by atoms with Crippen molar-refractivity contribution in [2.24, 2.45) is 0 Å². The predicted octanol–water partition coefficient (Wildman–Crippen LogP) is 3.57. The van der Waals surface area contributed by atoms with Crippen LogP contribution >= 0.6 is 0 Å². The molecule has 10 nitrogen and oxygen atoms in total. The van der Waals surface area contributed by atoms with Gasteiger partial charge in [0.2, 0.25) is 0 Å². The number of benzene rings is 3. The Kier molecular flexibility index (Phi) is 7.94. The highest BCUT2D eigenvalue weighted by molar-refractivity contribution is 7.87. The molecule has 12 heteroatoms. The second-order valence-electron chi connectivity index (χ2n) is 7.77. The number of hydrogen-bond acceptors (Lipinski definition) is 8. The number of Topliss-reactive ketones (excluding diaryl/α,β-unsaturated/α-hetero) is 1. The molecule has 0 radical (unpaired) electrons. The third-order valence-corrected chi connectivity index (χ3v) is 7.27. The second-order valence-corrected chi connectivity index (χ2v) is 10.9. The number of nitrogens with one attached hydrogen (secondary N) is 2. The zero-order chi connectivity index (χ0) is 26.7. The molecule has 3 aromatic carbocycles. The largest absolute Gasteiger partial charge is 0.388 e. The summed E-state index contributed by atoms with van der Waals surface area (Å²) in [4.78, 5) is 24.1. The molecular formula is C24H24N2O8S2. The van der Waals surface area contributed by atoms with Crippen molar-refractivity contribution in [3.63, 3.8) is 0 Å². The van der Waals surface area contributed by atoms with Crippen LogP contribution in [0.1, 0.15) is 33.2 Å². The van der Waals surface area contributed by atoms with Crippen LogP contribution in [0.15, 0.2) is 65.6 Å². The fourth-order valence-electron chi connectivity index (χ4n) is 3.53. The monoisotopic (exact) mass is 532 g/mol. The Morgan fingerprint density at radius 2 is 1.53 bits per heavy atom. The summed E-state index contributed by atoms with van der Waals surface area (Å²) in [6.45, 7) is 1.37. The molecule has 3 rings (SSSR count). The Hall–Kier alpha value is -3.58. The van der Waals surface area contributed by atoms with Gasteiger partial charge in [0.15, 0.2) is 5.78 Å². The number of carbonyl (C=O) groups is 2. The predicted molar refractivity (Wildman–Crippen MR) is 135 cm³/mol. The van der Waals surface area contributed by atoms with Crippen molar-refractivity contribution in [1.82, 2.24) is 0 Å². The number of anilines is 2. The number of rotatable bonds is 9. The van der Waals surface area contributed by atoms with Gasteiger partial charge < -0.3 is 10.6 Å². The Morgan fingerprint density at radius 1 is 0.889 bits per heavy atom. The van der Waals surface area contributed by atoms with Gasteiger partial charge in [-0.3, -0.25) is 18.3 Å². The molecule has 0 spiro atoms. The third kappa shape index (κ3) is 6.34. The molecule has 3 N–H and O–H groups in total. The highest BCUT2D eigenvalue weighted by atomic mass is 32.2. The van der Waals surface area contributed by atoms with E-state index in [1.54, 1.807) is 25.2 Å². The van der Waals surface area contributed by atoms with Crippen molar-refractivity contribution in [2.75, 3.05) is 24.8 Å². The maximum atomic E-state index is 12.8. The number of ketones is 1. The smallest absolute Gasteiger partial charge is 0.297 e. The molecule has 0 saturated carbocycles. The van der Waals surface area contributed by atoms with Crippen LogP contribution in [0.4, 0.5) is 11.4 Å². The van der Waals surface area contributed by atoms with E-state index in [0.29, 0.717) is 11.3 Å². The number of amides is 1. The van der Waals surface area contributed by atoms with Gasteiger partial charge >= 0.3 is 0 Å². The molecule has 0 heterocycles. The van der Waals surface area contributed by atoms with Gasteiger partial charge in [-0.15, -0.1) is 0 Å². The Bertz CT molecular complexity index is 1550. The van der Waals surface area contributed by atoms with E-state index in [4.69, 9.17) is 4.18 Å². The van der Waals surface area contributed by atoms with E-state index >= 15 is 0 Å². The lowest BCUT2D eigenvalue weighted by Gasteiger charge is -2.16. The van der Waals surface area contributed by atoms with Crippen LogP contribution in [0, 0.1) is 0 Å². The molecule has 0 aliphatic rings. The van der Waals surface area contributed by atoms with Gasteiger partial charge in [0.05, 0.1) is 7.11 Å². The highest BCUT2D eigenvalue weighted by Gasteiger charge is 2.23.